The number of nitriles is 1. The van der Waals surface area contributed by atoms with Crippen LogP contribution >= 0.6 is 0 Å². The van der Waals surface area contributed by atoms with Crippen LogP contribution in [0, 0.1) is 24.1 Å². The maximum atomic E-state index is 13.7. The quantitative estimate of drug-likeness (QED) is 0.716. The molecule has 0 unspecified atom stereocenters. The highest BCUT2D eigenvalue weighted by Gasteiger charge is 2.24. The molecule has 0 saturated heterocycles. The summed E-state index contributed by atoms with van der Waals surface area (Å²) in [6.45, 7) is 3.16. The first kappa shape index (κ1) is 15.3. The number of halogens is 1. The first-order chi connectivity index (χ1) is 12.1. The van der Waals surface area contributed by atoms with Gasteiger partial charge in [-0.1, -0.05) is 6.07 Å². The van der Waals surface area contributed by atoms with Crippen LogP contribution in [0.5, 0.6) is 0 Å². The minimum Gasteiger partial charge on any atom is -0.439 e. The van der Waals surface area contributed by atoms with Gasteiger partial charge in [-0.15, -0.1) is 0 Å². The first-order valence-electron chi connectivity index (χ1n) is 8.00. The van der Waals surface area contributed by atoms with E-state index in [1.54, 1.807) is 12.3 Å². The summed E-state index contributed by atoms with van der Waals surface area (Å²) >= 11 is 0. The third-order valence-electron chi connectivity index (χ3n) is 4.32. The van der Waals surface area contributed by atoms with Crippen molar-refractivity contribution in [2.75, 3.05) is 11.4 Å². The van der Waals surface area contributed by atoms with E-state index in [4.69, 9.17) is 9.68 Å². The molecule has 3 aromatic rings. The van der Waals surface area contributed by atoms with Crippen LogP contribution < -0.4 is 4.90 Å². The van der Waals surface area contributed by atoms with Crippen molar-refractivity contribution < 1.29 is 8.81 Å². The fourth-order valence-electron chi connectivity index (χ4n) is 3.05. The van der Waals surface area contributed by atoms with Crippen molar-refractivity contribution in [2.24, 2.45) is 0 Å². The van der Waals surface area contributed by atoms with Crippen LogP contribution in [0.25, 0.3) is 11.6 Å². The second kappa shape index (κ2) is 6.02. The molecule has 0 spiro atoms. The van der Waals surface area contributed by atoms with Gasteiger partial charge < -0.3 is 9.32 Å². The number of nitrogens with zero attached hydrogens (tertiary/aromatic N) is 4. The van der Waals surface area contributed by atoms with Gasteiger partial charge in [0.05, 0.1) is 18.2 Å². The Morgan fingerprint density at radius 2 is 2.20 bits per heavy atom. The lowest BCUT2D eigenvalue weighted by atomic mass is 10.1. The van der Waals surface area contributed by atoms with Crippen molar-refractivity contribution in [2.45, 2.75) is 19.9 Å². The molecular formula is C19H15FN4O. The molecule has 124 valence electrons. The van der Waals surface area contributed by atoms with E-state index in [-0.39, 0.29) is 0 Å². The molecule has 0 radical (unpaired) electrons. The van der Waals surface area contributed by atoms with E-state index >= 15 is 0 Å². The van der Waals surface area contributed by atoms with Crippen LogP contribution in [-0.2, 0) is 13.0 Å². The number of oxazole rings is 1. The molecule has 4 rings (SSSR count). The van der Waals surface area contributed by atoms with E-state index in [2.05, 4.69) is 9.97 Å². The zero-order valence-corrected chi connectivity index (χ0v) is 13.7. The van der Waals surface area contributed by atoms with Crippen molar-refractivity contribution in [1.82, 2.24) is 9.97 Å². The van der Waals surface area contributed by atoms with Crippen molar-refractivity contribution >= 4 is 5.69 Å². The van der Waals surface area contributed by atoms with Crippen molar-refractivity contribution in [3.63, 3.8) is 0 Å². The van der Waals surface area contributed by atoms with Gasteiger partial charge in [-0.05, 0) is 36.8 Å². The van der Waals surface area contributed by atoms with E-state index in [9.17, 15) is 4.39 Å². The van der Waals surface area contributed by atoms with Crippen LogP contribution in [-0.4, -0.2) is 16.5 Å². The van der Waals surface area contributed by atoms with Crippen molar-refractivity contribution in [1.29, 1.82) is 5.26 Å². The highest BCUT2D eigenvalue weighted by molar-refractivity contribution is 5.55. The predicted octanol–water partition coefficient (Wildman–Crippen LogP) is 3.62. The van der Waals surface area contributed by atoms with E-state index < -0.39 is 5.82 Å². The molecule has 0 aliphatic carbocycles. The summed E-state index contributed by atoms with van der Waals surface area (Å²) in [5.41, 5.74) is 3.56. The summed E-state index contributed by atoms with van der Waals surface area (Å²) < 4.78 is 19.6. The Balaban J connectivity index is 1.65. The standard InChI is InChI=1S/C19H15FN4O/c1-12-3-2-5-22-18(12)19-23-16-11-24(6-4-17(16)25-19)15-8-13(10-21)7-14(20)9-15/h2-3,5,7-9H,4,6,11H2,1H3. The normalized spacial score (nSPS) is 13.4. The minimum absolute atomic E-state index is 0.311. The predicted molar refractivity (Wildman–Crippen MR) is 90.3 cm³/mol. The van der Waals surface area contributed by atoms with Crippen LogP contribution in [0.1, 0.15) is 22.6 Å². The fraction of sp³-hybridized carbons (Fsp3) is 0.211. The molecule has 0 atom stereocenters. The molecule has 0 saturated carbocycles. The summed E-state index contributed by atoms with van der Waals surface area (Å²) in [4.78, 5) is 10.9. The molecule has 6 heteroatoms. The van der Waals surface area contributed by atoms with Crippen LogP contribution in [0.4, 0.5) is 10.1 Å². The Morgan fingerprint density at radius 3 is 3.00 bits per heavy atom. The summed E-state index contributed by atoms with van der Waals surface area (Å²) in [7, 11) is 0. The third kappa shape index (κ3) is 2.85. The Hall–Kier alpha value is -3.20. The Morgan fingerprint density at radius 1 is 1.32 bits per heavy atom. The summed E-state index contributed by atoms with van der Waals surface area (Å²) in [5, 5.41) is 9.03. The highest BCUT2D eigenvalue weighted by atomic mass is 19.1. The molecule has 1 aliphatic rings. The van der Waals surface area contributed by atoms with Crippen LogP contribution in [0.15, 0.2) is 40.9 Å². The Bertz CT molecular complexity index is 989. The topological polar surface area (TPSA) is 66.0 Å². The Kier molecular flexibility index (Phi) is 3.69. The lowest BCUT2D eigenvalue weighted by Gasteiger charge is -2.27. The molecule has 0 bridgehead atoms. The van der Waals surface area contributed by atoms with Gasteiger partial charge in [0.25, 0.3) is 0 Å². The van der Waals surface area contributed by atoms with E-state index in [1.807, 2.05) is 30.0 Å². The van der Waals surface area contributed by atoms with Gasteiger partial charge in [-0.25, -0.2) is 9.37 Å². The SMILES string of the molecule is Cc1cccnc1-c1nc2c(o1)CCN(c1cc(F)cc(C#N)c1)C2. The monoisotopic (exact) mass is 334 g/mol. The number of rotatable bonds is 2. The Labute approximate surface area is 144 Å². The molecular weight excluding hydrogens is 319 g/mol. The van der Waals surface area contributed by atoms with Crippen LogP contribution in [0.2, 0.25) is 0 Å². The van der Waals surface area contributed by atoms with Gasteiger partial charge in [0.15, 0.2) is 0 Å². The number of aryl methyl sites for hydroxylation is 1. The average molecular weight is 334 g/mol. The molecule has 0 amide bonds. The largest absolute Gasteiger partial charge is 0.439 e. The number of pyridine rings is 1. The smallest absolute Gasteiger partial charge is 0.245 e. The van der Waals surface area contributed by atoms with Crippen molar-refractivity contribution in [3.05, 3.63) is 64.9 Å². The number of anilines is 1. The van der Waals surface area contributed by atoms with E-state index in [0.717, 1.165) is 22.7 Å². The molecule has 1 aliphatic heterocycles. The zero-order valence-electron chi connectivity index (χ0n) is 13.7. The lowest BCUT2D eigenvalue weighted by molar-refractivity contribution is 0.497. The van der Waals surface area contributed by atoms with Gasteiger partial charge in [-0.2, -0.15) is 5.26 Å². The molecule has 0 N–H and O–H groups in total. The second-order valence-corrected chi connectivity index (χ2v) is 6.04. The average Bonchev–Trinajstić information content (AvgIpc) is 3.04. The van der Waals surface area contributed by atoms with Gasteiger partial charge in [0.2, 0.25) is 5.89 Å². The summed E-state index contributed by atoms with van der Waals surface area (Å²) in [6.07, 6.45) is 2.39. The minimum atomic E-state index is -0.412. The van der Waals surface area contributed by atoms with E-state index in [0.29, 0.717) is 36.7 Å². The number of hydrogen-bond donors (Lipinski definition) is 0. The maximum absolute atomic E-state index is 13.7. The summed E-state index contributed by atoms with van der Waals surface area (Å²) in [6, 6.07) is 10.2. The molecule has 25 heavy (non-hydrogen) atoms. The molecule has 0 fully saturated rings. The first-order valence-corrected chi connectivity index (χ1v) is 8.00. The number of fused-ring (bicyclic) bond motifs is 1. The van der Waals surface area contributed by atoms with Gasteiger partial charge in [0, 0.05) is 24.8 Å². The van der Waals surface area contributed by atoms with Crippen molar-refractivity contribution in [3.8, 4) is 17.7 Å². The van der Waals surface area contributed by atoms with Gasteiger partial charge in [-0.3, -0.25) is 4.98 Å². The second-order valence-electron chi connectivity index (χ2n) is 6.04. The molecule has 2 aromatic heterocycles. The van der Waals surface area contributed by atoms with Gasteiger partial charge >= 0.3 is 0 Å². The number of hydrogen-bond acceptors (Lipinski definition) is 5. The third-order valence-corrected chi connectivity index (χ3v) is 4.32. The molecule has 5 nitrogen and oxygen atoms in total. The van der Waals surface area contributed by atoms with Gasteiger partial charge in [0.1, 0.15) is 23.0 Å². The highest BCUT2D eigenvalue weighted by Crippen LogP contribution is 2.29. The van der Waals surface area contributed by atoms with E-state index in [1.165, 1.54) is 12.1 Å². The lowest BCUT2D eigenvalue weighted by Crippen LogP contribution is -2.30. The zero-order chi connectivity index (χ0) is 17.4. The number of aromatic nitrogens is 2. The maximum Gasteiger partial charge on any atom is 0.245 e. The summed E-state index contributed by atoms with van der Waals surface area (Å²) in [5.74, 6) is 0.944. The molecule has 3 heterocycles. The number of benzene rings is 1. The van der Waals surface area contributed by atoms with Crippen LogP contribution in [0.3, 0.4) is 0 Å². The molecule has 1 aromatic carbocycles. The fourth-order valence-corrected chi connectivity index (χ4v) is 3.05.